The minimum absolute atomic E-state index is 0.0909. The van der Waals surface area contributed by atoms with Crippen LogP contribution >= 0.6 is 11.6 Å². The van der Waals surface area contributed by atoms with Gasteiger partial charge in [-0.1, -0.05) is 66.2 Å². The standard InChI is InChI=1S/C30H29BClF3N2O4/c1-28(2)29(3,4)41-31(40-28)19(13-18-14-26(32)36-16-25(18)30(33,34)35)15-37-27(38)39-17-24-22-11-7-5-9-20(22)21-10-6-8-12-23(21)24/h5-14,16,24H,15,17H2,1-4H3,(H,37,38). The molecule has 2 aromatic carbocycles. The highest BCUT2D eigenvalue weighted by atomic mass is 35.5. The molecule has 2 aliphatic rings. The highest BCUT2D eigenvalue weighted by Gasteiger charge is 2.52. The topological polar surface area (TPSA) is 69.7 Å². The van der Waals surface area contributed by atoms with Gasteiger partial charge in [0.05, 0.1) is 16.8 Å². The van der Waals surface area contributed by atoms with E-state index in [0.717, 1.165) is 28.3 Å². The molecule has 2 heterocycles. The Kier molecular flexibility index (Phi) is 7.69. The maximum atomic E-state index is 13.8. The van der Waals surface area contributed by atoms with Gasteiger partial charge in [-0.3, -0.25) is 0 Å². The van der Waals surface area contributed by atoms with Crippen molar-refractivity contribution in [3.8, 4) is 11.1 Å². The van der Waals surface area contributed by atoms with Crippen LogP contribution in [0.1, 0.15) is 55.9 Å². The number of carbonyl (C=O) groups is 1. The molecule has 1 aliphatic carbocycles. The number of nitrogens with one attached hydrogen (secondary N) is 1. The Morgan fingerprint density at radius 1 is 1.05 bits per heavy atom. The zero-order valence-corrected chi connectivity index (χ0v) is 23.8. The first kappa shape index (κ1) is 29.2. The van der Waals surface area contributed by atoms with E-state index in [4.69, 9.17) is 25.6 Å². The van der Waals surface area contributed by atoms with Gasteiger partial charge in [-0.05, 0) is 67.1 Å². The first-order valence-corrected chi connectivity index (χ1v) is 13.5. The van der Waals surface area contributed by atoms with Crippen LogP contribution in [0.4, 0.5) is 18.0 Å². The zero-order chi connectivity index (χ0) is 29.6. The van der Waals surface area contributed by atoms with Gasteiger partial charge in [0.1, 0.15) is 11.8 Å². The summed E-state index contributed by atoms with van der Waals surface area (Å²) in [4.78, 5) is 16.5. The number of rotatable bonds is 6. The molecule has 6 nitrogen and oxygen atoms in total. The van der Waals surface area contributed by atoms with Crippen LogP contribution in [0, 0.1) is 0 Å². The summed E-state index contributed by atoms with van der Waals surface area (Å²) >= 11 is 5.94. The van der Waals surface area contributed by atoms with E-state index in [1.807, 2.05) is 76.2 Å². The van der Waals surface area contributed by atoms with Crippen LogP contribution < -0.4 is 5.32 Å². The minimum Gasteiger partial charge on any atom is -0.449 e. The van der Waals surface area contributed by atoms with Crippen molar-refractivity contribution in [1.82, 2.24) is 10.3 Å². The summed E-state index contributed by atoms with van der Waals surface area (Å²) in [7, 11) is -1.03. The van der Waals surface area contributed by atoms with E-state index in [0.29, 0.717) is 6.20 Å². The second-order valence-electron chi connectivity index (χ2n) is 11.1. The number of nitrogens with zero attached hydrogens (tertiary/aromatic N) is 1. The fraction of sp³-hybridized carbons (Fsp3) is 0.333. The molecule has 0 radical (unpaired) electrons. The number of benzene rings is 2. The lowest BCUT2D eigenvalue weighted by Crippen LogP contribution is -2.41. The van der Waals surface area contributed by atoms with Gasteiger partial charge in [0.15, 0.2) is 0 Å². The van der Waals surface area contributed by atoms with Gasteiger partial charge in [-0.15, -0.1) is 0 Å². The molecule has 1 amide bonds. The van der Waals surface area contributed by atoms with Gasteiger partial charge >= 0.3 is 19.4 Å². The first-order chi connectivity index (χ1) is 19.3. The van der Waals surface area contributed by atoms with Crippen LogP contribution in [0.3, 0.4) is 0 Å². The van der Waals surface area contributed by atoms with Crippen LogP contribution in [0.5, 0.6) is 0 Å². The number of alkyl halides is 3. The highest BCUT2D eigenvalue weighted by molar-refractivity contribution is 6.56. The second-order valence-corrected chi connectivity index (χ2v) is 11.5. The summed E-state index contributed by atoms with van der Waals surface area (Å²) in [5.41, 5.74) is 1.85. The van der Waals surface area contributed by atoms with Crippen molar-refractivity contribution in [2.45, 2.75) is 51.0 Å². The van der Waals surface area contributed by atoms with Crippen LogP contribution in [-0.2, 0) is 20.2 Å². The fourth-order valence-corrected chi connectivity index (χ4v) is 5.19. The predicted molar refractivity (Wildman–Crippen MR) is 151 cm³/mol. The maximum Gasteiger partial charge on any atom is 0.492 e. The molecule has 0 saturated carbocycles. The monoisotopic (exact) mass is 584 g/mol. The Morgan fingerprint density at radius 2 is 1.61 bits per heavy atom. The molecule has 1 aliphatic heterocycles. The lowest BCUT2D eigenvalue weighted by molar-refractivity contribution is -0.138. The van der Waals surface area contributed by atoms with Crippen LogP contribution in [0.25, 0.3) is 17.2 Å². The lowest BCUT2D eigenvalue weighted by Gasteiger charge is -2.32. The molecule has 1 N–H and O–H groups in total. The molecular weight excluding hydrogens is 556 g/mol. The first-order valence-electron chi connectivity index (χ1n) is 13.1. The van der Waals surface area contributed by atoms with Gasteiger partial charge in [-0.2, -0.15) is 13.2 Å². The SMILES string of the molecule is CC1(C)OB(C(=Cc2cc(Cl)ncc2C(F)(F)F)CNC(=O)OCC2c3ccccc3-c3ccccc32)OC1(C)C. The summed E-state index contributed by atoms with van der Waals surface area (Å²) < 4.78 is 59.1. The average molecular weight is 585 g/mol. The molecule has 1 fully saturated rings. The molecule has 5 rings (SSSR count). The summed E-state index contributed by atoms with van der Waals surface area (Å²) in [6.45, 7) is 7.21. The predicted octanol–water partition coefficient (Wildman–Crippen LogP) is 7.31. The van der Waals surface area contributed by atoms with Crippen molar-refractivity contribution in [3.63, 3.8) is 0 Å². The van der Waals surface area contributed by atoms with E-state index < -0.39 is 36.2 Å². The van der Waals surface area contributed by atoms with E-state index in [1.54, 1.807) is 0 Å². The molecule has 1 saturated heterocycles. The molecule has 41 heavy (non-hydrogen) atoms. The van der Waals surface area contributed by atoms with E-state index in [-0.39, 0.29) is 35.3 Å². The molecule has 0 unspecified atom stereocenters. The zero-order valence-electron chi connectivity index (χ0n) is 23.0. The number of fused-ring (bicyclic) bond motifs is 3. The number of alkyl carbamates (subject to hydrolysis) is 1. The van der Waals surface area contributed by atoms with Crippen LogP contribution in [0.2, 0.25) is 5.15 Å². The van der Waals surface area contributed by atoms with Crippen molar-refractivity contribution in [3.05, 3.63) is 93.7 Å². The third-order valence-electron chi connectivity index (χ3n) is 7.89. The molecule has 1 aromatic heterocycles. The van der Waals surface area contributed by atoms with Crippen molar-refractivity contribution in [2.24, 2.45) is 0 Å². The third kappa shape index (κ3) is 5.87. The number of hydrogen-bond donors (Lipinski definition) is 1. The van der Waals surface area contributed by atoms with Gasteiger partial charge in [0, 0.05) is 18.7 Å². The number of amides is 1. The Bertz CT molecular complexity index is 1450. The summed E-state index contributed by atoms with van der Waals surface area (Å²) in [6, 6.07) is 17.0. The Labute approximate surface area is 242 Å². The molecule has 11 heteroatoms. The van der Waals surface area contributed by atoms with E-state index in [2.05, 4.69) is 10.3 Å². The van der Waals surface area contributed by atoms with Crippen molar-refractivity contribution < 1.29 is 32.0 Å². The smallest absolute Gasteiger partial charge is 0.449 e. The number of aromatic nitrogens is 1. The number of hydrogen-bond acceptors (Lipinski definition) is 5. The average Bonchev–Trinajstić information content (AvgIpc) is 3.33. The molecule has 0 bridgehead atoms. The maximum absolute atomic E-state index is 13.8. The number of halogens is 4. The molecular formula is C30H29BClF3N2O4. The summed E-state index contributed by atoms with van der Waals surface area (Å²) in [6.07, 6.45) is -3.46. The quantitative estimate of drug-likeness (QED) is 0.243. The largest absolute Gasteiger partial charge is 0.492 e. The molecule has 3 aromatic rings. The highest BCUT2D eigenvalue weighted by Crippen LogP contribution is 2.44. The Morgan fingerprint density at radius 3 is 2.17 bits per heavy atom. The van der Waals surface area contributed by atoms with Gasteiger partial charge < -0.3 is 19.4 Å². The second kappa shape index (κ2) is 10.8. The summed E-state index contributed by atoms with van der Waals surface area (Å²) in [5, 5.41) is 2.55. The molecule has 0 spiro atoms. The normalized spacial score (nSPS) is 17.8. The number of carbonyl (C=O) groups excluding carboxylic acids is 1. The van der Waals surface area contributed by atoms with E-state index in [1.165, 1.54) is 6.08 Å². The summed E-state index contributed by atoms with van der Waals surface area (Å²) in [5.74, 6) is -0.139. The van der Waals surface area contributed by atoms with Crippen LogP contribution in [0.15, 0.2) is 66.3 Å². The third-order valence-corrected chi connectivity index (χ3v) is 8.09. The van der Waals surface area contributed by atoms with Gasteiger partial charge in [0.2, 0.25) is 0 Å². The van der Waals surface area contributed by atoms with Gasteiger partial charge in [0.25, 0.3) is 0 Å². The Balaban J connectivity index is 1.36. The number of pyridine rings is 1. The molecule has 214 valence electrons. The van der Waals surface area contributed by atoms with Crippen molar-refractivity contribution in [1.29, 1.82) is 0 Å². The fourth-order valence-electron chi connectivity index (χ4n) is 5.02. The molecule has 0 atom stereocenters. The minimum atomic E-state index is -4.68. The number of ether oxygens (including phenoxy) is 1. The van der Waals surface area contributed by atoms with E-state index in [9.17, 15) is 18.0 Å². The van der Waals surface area contributed by atoms with Crippen molar-refractivity contribution in [2.75, 3.05) is 13.2 Å². The lowest BCUT2D eigenvalue weighted by atomic mass is 9.76. The van der Waals surface area contributed by atoms with Crippen molar-refractivity contribution >= 4 is 30.9 Å². The van der Waals surface area contributed by atoms with Crippen LogP contribution in [-0.4, -0.2) is 42.5 Å². The van der Waals surface area contributed by atoms with Gasteiger partial charge in [-0.25, -0.2) is 9.78 Å². The van der Waals surface area contributed by atoms with E-state index >= 15 is 0 Å². The Hall–Kier alpha value is -3.34.